The second-order valence-corrected chi connectivity index (χ2v) is 3.59. The van der Waals surface area contributed by atoms with Crippen LogP contribution in [-0.2, 0) is 9.57 Å². The molecular formula is C13H14N2O2. The van der Waals surface area contributed by atoms with Crippen LogP contribution in [0.3, 0.4) is 0 Å². The van der Waals surface area contributed by atoms with Crippen LogP contribution in [0.15, 0.2) is 29.8 Å². The Morgan fingerprint density at radius 1 is 1.41 bits per heavy atom. The number of hydroxylamine groups is 1. The average molecular weight is 230 g/mol. The fourth-order valence-corrected chi connectivity index (χ4v) is 1.90. The second kappa shape index (κ2) is 5.00. The Morgan fingerprint density at radius 3 is 2.82 bits per heavy atom. The van der Waals surface area contributed by atoms with E-state index in [-0.39, 0.29) is 0 Å². The molecule has 0 saturated carbocycles. The number of ether oxygens (including phenoxy) is 1. The lowest BCUT2D eigenvalue weighted by Crippen LogP contribution is -2.40. The summed E-state index contributed by atoms with van der Waals surface area (Å²) in [6, 6.07) is 9.90. The molecule has 1 aromatic rings. The Morgan fingerprint density at radius 2 is 2.18 bits per heavy atom. The largest absolute Gasteiger partial charge is 0.351 e. The summed E-state index contributed by atoms with van der Waals surface area (Å²) in [6.07, 6.45) is 1.37. The van der Waals surface area contributed by atoms with E-state index >= 15 is 0 Å². The fraction of sp³-hybridized carbons (Fsp3) is 0.308. The zero-order valence-corrected chi connectivity index (χ0v) is 9.88. The Balaban J connectivity index is 2.49. The molecular weight excluding hydrogens is 216 g/mol. The van der Waals surface area contributed by atoms with Gasteiger partial charge in [-0.25, -0.2) is 5.06 Å². The van der Waals surface area contributed by atoms with Gasteiger partial charge in [-0.1, -0.05) is 18.2 Å². The van der Waals surface area contributed by atoms with Crippen LogP contribution in [0.1, 0.15) is 12.5 Å². The van der Waals surface area contributed by atoms with Crippen LogP contribution in [0.5, 0.6) is 0 Å². The van der Waals surface area contributed by atoms with E-state index in [1.54, 1.807) is 12.2 Å². The number of nitriles is 1. The lowest BCUT2D eigenvalue weighted by molar-refractivity contribution is 0.00475. The third-order valence-electron chi connectivity index (χ3n) is 2.61. The van der Waals surface area contributed by atoms with E-state index in [4.69, 9.17) is 14.8 Å². The third kappa shape index (κ3) is 2.03. The molecule has 17 heavy (non-hydrogen) atoms. The smallest absolute Gasteiger partial charge is 0.189 e. The minimum Gasteiger partial charge on any atom is -0.351 e. The minimum atomic E-state index is -0.468. The van der Waals surface area contributed by atoms with Crippen molar-refractivity contribution in [1.82, 2.24) is 0 Å². The lowest BCUT2D eigenvalue weighted by Gasteiger charge is -2.34. The van der Waals surface area contributed by atoms with Gasteiger partial charge in [0.2, 0.25) is 0 Å². The van der Waals surface area contributed by atoms with Gasteiger partial charge in [0.05, 0.1) is 24.4 Å². The molecule has 4 nitrogen and oxygen atoms in total. The van der Waals surface area contributed by atoms with Gasteiger partial charge in [0.25, 0.3) is 0 Å². The van der Waals surface area contributed by atoms with Crippen LogP contribution >= 0.6 is 0 Å². The first-order valence-electron chi connectivity index (χ1n) is 5.47. The Labute approximate surface area is 101 Å². The summed E-state index contributed by atoms with van der Waals surface area (Å²) in [7, 11) is 1.57. The van der Waals surface area contributed by atoms with Gasteiger partial charge >= 0.3 is 0 Å². The maximum atomic E-state index is 9.15. The van der Waals surface area contributed by atoms with Crippen molar-refractivity contribution >= 4 is 11.8 Å². The van der Waals surface area contributed by atoms with Crippen molar-refractivity contribution < 1.29 is 9.57 Å². The SMILES string of the molecule is CCOC1C(C#N)=Cc2ccccc2N1OC. The van der Waals surface area contributed by atoms with Gasteiger partial charge in [0.1, 0.15) is 0 Å². The summed E-state index contributed by atoms with van der Waals surface area (Å²) in [6.45, 7) is 2.41. The third-order valence-corrected chi connectivity index (χ3v) is 2.61. The molecule has 1 unspecified atom stereocenters. The van der Waals surface area contributed by atoms with E-state index < -0.39 is 6.23 Å². The summed E-state index contributed by atoms with van der Waals surface area (Å²) in [5, 5.41) is 10.8. The van der Waals surface area contributed by atoms with Gasteiger partial charge in [-0.2, -0.15) is 5.26 Å². The van der Waals surface area contributed by atoms with Crippen molar-refractivity contribution in [3.63, 3.8) is 0 Å². The van der Waals surface area contributed by atoms with Crippen molar-refractivity contribution in [2.45, 2.75) is 13.2 Å². The second-order valence-electron chi connectivity index (χ2n) is 3.59. The number of anilines is 1. The Hall–Kier alpha value is -1.83. The minimum absolute atomic E-state index is 0.468. The van der Waals surface area contributed by atoms with Crippen molar-refractivity contribution in [2.75, 3.05) is 18.8 Å². The molecule has 1 aliphatic heterocycles. The first kappa shape index (κ1) is 11.6. The van der Waals surface area contributed by atoms with Crippen molar-refractivity contribution in [3.05, 3.63) is 35.4 Å². The molecule has 4 heteroatoms. The summed E-state index contributed by atoms with van der Waals surface area (Å²) in [5.41, 5.74) is 2.42. The zero-order chi connectivity index (χ0) is 12.3. The molecule has 0 aliphatic carbocycles. The van der Waals surface area contributed by atoms with Crippen LogP contribution in [0, 0.1) is 11.3 Å². The number of rotatable bonds is 3. The number of hydrogen-bond donors (Lipinski definition) is 0. The van der Waals surface area contributed by atoms with Crippen LogP contribution in [0.4, 0.5) is 5.69 Å². The van der Waals surface area contributed by atoms with Crippen LogP contribution in [-0.4, -0.2) is 19.9 Å². The van der Waals surface area contributed by atoms with E-state index in [0.29, 0.717) is 12.2 Å². The highest BCUT2D eigenvalue weighted by Gasteiger charge is 2.29. The quantitative estimate of drug-likeness (QED) is 0.799. The molecule has 0 bridgehead atoms. The molecule has 0 fully saturated rings. The molecule has 1 atom stereocenters. The molecule has 0 spiro atoms. The van der Waals surface area contributed by atoms with Gasteiger partial charge in [-0.15, -0.1) is 0 Å². The normalized spacial score (nSPS) is 18.3. The summed E-state index contributed by atoms with van der Waals surface area (Å²) in [5.74, 6) is 0. The number of nitrogens with zero attached hydrogens (tertiary/aromatic N) is 2. The molecule has 0 saturated heterocycles. The molecule has 88 valence electrons. The topological polar surface area (TPSA) is 45.5 Å². The lowest BCUT2D eigenvalue weighted by atomic mass is 10.0. The van der Waals surface area contributed by atoms with E-state index in [2.05, 4.69) is 6.07 Å². The Bertz CT molecular complexity index is 477. The summed E-state index contributed by atoms with van der Waals surface area (Å²) >= 11 is 0. The predicted molar refractivity (Wildman–Crippen MR) is 64.9 cm³/mol. The van der Waals surface area contributed by atoms with Crippen molar-refractivity contribution in [3.8, 4) is 6.07 Å². The zero-order valence-electron chi connectivity index (χ0n) is 9.88. The number of fused-ring (bicyclic) bond motifs is 1. The van der Waals surface area contributed by atoms with Crippen LogP contribution in [0.2, 0.25) is 0 Å². The van der Waals surface area contributed by atoms with E-state index in [0.717, 1.165) is 11.3 Å². The van der Waals surface area contributed by atoms with Gasteiger partial charge in [0.15, 0.2) is 6.23 Å². The first-order chi connectivity index (χ1) is 8.31. The molecule has 0 radical (unpaired) electrons. The highest BCUT2D eigenvalue weighted by atomic mass is 16.7. The maximum Gasteiger partial charge on any atom is 0.189 e. The van der Waals surface area contributed by atoms with Gasteiger partial charge < -0.3 is 4.74 Å². The molecule has 0 aromatic heterocycles. The highest BCUT2D eigenvalue weighted by molar-refractivity contribution is 5.75. The van der Waals surface area contributed by atoms with Crippen LogP contribution < -0.4 is 5.06 Å². The highest BCUT2D eigenvalue weighted by Crippen LogP contribution is 2.32. The van der Waals surface area contributed by atoms with Crippen LogP contribution in [0.25, 0.3) is 6.08 Å². The van der Waals surface area contributed by atoms with E-state index in [1.807, 2.05) is 37.3 Å². The van der Waals surface area contributed by atoms with E-state index in [9.17, 15) is 0 Å². The number of benzene rings is 1. The van der Waals surface area contributed by atoms with Crippen molar-refractivity contribution in [1.29, 1.82) is 5.26 Å². The Kier molecular flexibility index (Phi) is 3.43. The first-order valence-corrected chi connectivity index (χ1v) is 5.47. The molecule has 1 aliphatic rings. The molecule has 0 N–H and O–H groups in total. The molecule has 2 rings (SSSR count). The molecule has 1 aromatic carbocycles. The van der Waals surface area contributed by atoms with Gasteiger partial charge in [-0.05, 0) is 19.1 Å². The van der Waals surface area contributed by atoms with Crippen molar-refractivity contribution in [2.24, 2.45) is 0 Å². The van der Waals surface area contributed by atoms with Gasteiger partial charge in [-0.3, -0.25) is 4.84 Å². The monoisotopic (exact) mass is 230 g/mol. The summed E-state index contributed by atoms with van der Waals surface area (Å²) in [4.78, 5) is 5.33. The number of hydrogen-bond acceptors (Lipinski definition) is 4. The maximum absolute atomic E-state index is 9.15. The average Bonchev–Trinajstić information content (AvgIpc) is 2.38. The summed E-state index contributed by atoms with van der Waals surface area (Å²) < 4.78 is 5.56. The molecule has 1 heterocycles. The van der Waals surface area contributed by atoms with E-state index in [1.165, 1.54) is 0 Å². The van der Waals surface area contributed by atoms with Gasteiger partial charge in [0, 0.05) is 12.2 Å². The molecule has 0 amide bonds. The predicted octanol–water partition coefficient (Wildman–Crippen LogP) is 2.34. The standard InChI is InChI=1S/C13H14N2O2/c1-3-17-13-11(9-14)8-10-6-4-5-7-12(10)15(13)16-2/h4-8,13H,3H2,1-2H3. The fourth-order valence-electron chi connectivity index (χ4n) is 1.90. The number of para-hydroxylation sites is 1.